The van der Waals surface area contributed by atoms with Gasteiger partial charge in [-0.15, -0.1) is 11.3 Å². The highest BCUT2D eigenvalue weighted by Crippen LogP contribution is 2.34. The van der Waals surface area contributed by atoms with E-state index in [0.717, 1.165) is 4.70 Å². The van der Waals surface area contributed by atoms with Crippen LogP contribution in [-0.2, 0) is 0 Å². The first-order chi connectivity index (χ1) is 9.56. The zero-order chi connectivity index (χ0) is 14.3. The van der Waals surface area contributed by atoms with E-state index in [1.165, 1.54) is 23.5 Å². The molecule has 0 bridgehead atoms. The molecule has 0 saturated heterocycles. The molecule has 0 unspecified atom stereocenters. The third-order valence-corrected chi connectivity index (χ3v) is 4.06. The summed E-state index contributed by atoms with van der Waals surface area (Å²) in [5.74, 6) is -1.40. The van der Waals surface area contributed by atoms with Gasteiger partial charge < -0.3 is 11.1 Å². The average molecular weight is 356 g/mol. The minimum Gasteiger partial charge on any atom is -0.395 e. The first-order valence-electron chi connectivity index (χ1n) is 5.59. The Morgan fingerprint density at radius 3 is 2.60 bits per heavy atom. The zero-order valence-electron chi connectivity index (χ0n) is 9.95. The molecular weight excluding hydrogens is 348 g/mol. The molecule has 0 fully saturated rings. The van der Waals surface area contributed by atoms with Crippen molar-refractivity contribution in [3.05, 3.63) is 45.9 Å². The van der Waals surface area contributed by atoms with Crippen LogP contribution < -0.4 is 11.1 Å². The molecule has 2 aromatic carbocycles. The third-order valence-electron chi connectivity index (χ3n) is 2.81. The van der Waals surface area contributed by atoms with Crippen molar-refractivity contribution in [1.82, 2.24) is 4.98 Å². The van der Waals surface area contributed by atoms with Crippen molar-refractivity contribution in [3.63, 3.8) is 0 Å². The number of thiazole rings is 1. The van der Waals surface area contributed by atoms with E-state index >= 15 is 0 Å². The maximum Gasteiger partial charge on any atom is 0.150 e. The number of nitrogens with zero attached hydrogens (tertiary/aromatic N) is 1. The predicted molar refractivity (Wildman–Crippen MR) is 81.4 cm³/mol. The lowest BCUT2D eigenvalue weighted by Gasteiger charge is -2.11. The summed E-state index contributed by atoms with van der Waals surface area (Å²) >= 11 is 4.48. The van der Waals surface area contributed by atoms with Gasteiger partial charge in [0.15, 0.2) is 11.6 Å². The first-order valence-corrected chi connectivity index (χ1v) is 7.27. The van der Waals surface area contributed by atoms with E-state index in [9.17, 15) is 8.78 Å². The fraction of sp³-hybridized carbons (Fsp3) is 0. The van der Waals surface area contributed by atoms with Gasteiger partial charge in [0, 0.05) is 4.47 Å². The number of nitrogens with one attached hydrogen (secondary N) is 1. The number of nitrogen functional groups attached to an aromatic ring is 1. The Morgan fingerprint density at radius 1 is 1.20 bits per heavy atom. The van der Waals surface area contributed by atoms with Crippen LogP contribution >= 0.6 is 27.3 Å². The molecule has 102 valence electrons. The topological polar surface area (TPSA) is 50.9 Å². The number of anilines is 3. The maximum absolute atomic E-state index is 13.8. The van der Waals surface area contributed by atoms with Crippen LogP contribution in [0.15, 0.2) is 34.2 Å². The Bertz CT molecular complexity index is 780. The highest BCUT2D eigenvalue weighted by atomic mass is 79.9. The van der Waals surface area contributed by atoms with Crippen LogP contribution in [-0.4, -0.2) is 4.98 Å². The number of aromatic nitrogens is 1. The van der Waals surface area contributed by atoms with Crippen LogP contribution in [0.25, 0.3) is 10.2 Å². The number of nitrogens with two attached hydrogens (primary N) is 1. The van der Waals surface area contributed by atoms with Gasteiger partial charge in [0.2, 0.25) is 0 Å². The quantitative estimate of drug-likeness (QED) is 0.657. The van der Waals surface area contributed by atoms with Crippen molar-refractivity contribution in [3.8, 4) is 0 Å². The van der Waals surface area contributed by atoms with Gasteiger partial charge in [-0.25, -0.2) is 13.8 Å². The molecular formula is C13H8BrF2N3S. The largest absolute Gasteiger partial charge is 0.395 e. The Morgan fingerprint density at radius 2 is 1.90 bits per heavy atom. The van der Waals surface area contributed by atoms with Crippen molar-refractivity contribution >= 4 is 54.5 Å². The molecule has 3 aromatic rings. The number of hydrogen-bond donors (Lipinski definition) is 2. The summed E-state index contributed by atoms with van der Waals surface area (Å²) < 4.78 is 28.8. The molecule has 3 N–H and O–H groups in total. The predicted octanol–water partition coefficient (Wildman–Crippen LogP) is 4.66. The SMILES string of the molecule is Nc1c(Nc2c(F)cc(Br)cc2F)ccc2scnc12. The summed E-state index contributed by atoms with van der Waals surface area (Å²) in [6.07, 6.45) is 0. The standard InChI is InChI=1S/C13H8BrF2N3S/c14-6-3-7(15)12(8(16)4-6)19-9-1-2-10-13(11(9)17)18-5-20-10/h1-5,19H,17H2. The monoisotopic (exact) mass is 355 g/mol. The van der Waals surface area contributed by atoms with Crippen molar-refractivity contribution in [2.45, 2.75) is 0 Å². The molecule has 3 rings (SSSR count). The number of hydrogen-bond acceptors (Lipinski definition) is 4. The normalized spacial score (nSPS) is 10.9. The minimum absolute atomic E-state index is 0.241. The fourth-order valence-corrected chi connectivity index (χ4v) is 2.95. The summed E-state index contributed by atoms with van der Waals surface area (Å²) in [6.45, 7) is 0. The summed E-state index contributed by atoms with van der Waals surface area (Å²) in [4.78, 5) is 4.14. The van der Waals surface area contributed by atoms with E-state index in [0.29, 0.717) is 21.4 Å². The molecule has 0 amide bonds. The summed E-state index contributed by atoms with van der Waals surface area (Å²) in [6, 6.07) is 5.85. The van der Waals surface area contributed by atoms with E-state index in [1.807, 2.05) is 0 Å². The number of fused-ring (bicyclic) bond motifs is 1. The number of halogens is 3. The van der Waals surface area contributed by atoms with E-state index < -0.39 is 11.6 Å². The Hall–Kier alpha value is -1.73. The smallest absolute Gasteiger partial charge is 0.150 e. The molecule has 0 atom stereocenters. The number of benzene rings is 2. The molecule has 7 heteroatoms. The molecule has 0 aliphatic rings. The maximum atomic E-state index is 13.8. The van der Waals surface area contributed by atoms with E-state index in [2.05, 4.69) is 26.2 Å². The molecule has 3 nitrogen and oxygen atoms in total. The van der Waals surface area contributed by atoms with E-state index in [4.69, 9.17) is 5.73 Å². The van der Waals surface area contributed by atoms with Crippen LogP contribution in [0.4, 0.5) is 25.8 Å². The average Bonchev–Trinajstić information content (AvgIpc) is 2.85. The lowest BCUT2D eigenvalue weighted by atomic mass is 10.2. The van der Waals surface area contributed by atoms with Crippen molar-refractivity contribution in [1.29, 1.82) is 0 Å². The van der Waals surface area contributed by atoms with E-state index in [-0.39, 0.29) is 5.69 Å². The summed E-state index contributed by atoms with van der Waals surface area (Å²) in [5, 5.41) is 2.69. The Labute approximate surface area is 125 Å². The second kappa shape index (κ2) is 4.99. The molecule has 20 heavy (non-hydrogen) atoms. The van der Waals surface area contributed by atoms with Gasteiger partial charge in [-0.2, -0.15) is 0 Å². The van der Waals surface area contributed by atoms with Gasteiger partial charge in [0.05, 0.1) is 21.6 Å². The molecule has 0 radical (unpaired) electrons. The molecule has 0 spiro atoms. The van der Waals surface area contributed by atoms with E-state index in [1.54, 1.807) is 17.6 Å². The molecule has 0 saturated carbocycles. The zero-order valence-corrected chi connectivity index (χ0v) is 12.4. The minimum atomic E-state index is -0.699. The van der Waals surface area contributed by atoms with Gasteiger partial charge >= 0.3 is 0 Å². The van der Waals surface area contributed by atoms with Crippen LogP contribution in [0.5, 0.6) is 0 Å². The molecule has 1 aromatic heterocycles. The van der Waals surface area contributed by atoms with Crippen LogP contribution in [0, 0.1) is 11.6 Å². The lowest BCUT2D eigenvalue weighted by molar-refractivity contribution is 0.589. The Balaban J connectivity index is 2.07. The summed E-state index contributed by atoms with van der Waals surface area (Å²) in [5.41, 5.74) is 8.81. The van der Waals surface area contributed by atoms with Gasteiger partial charge in [0.25, 0.3) is 0 Å². The summed E-state index contributed by atoms with van der Waals surface area (Å²) in [7, 11) is 0. The lowest BCUT2D eigenvalue weighted by Crippen LogP contribution is -2.01. The van der Waals surface area contributed by atoms with Gasteiger partial charge in [-0.1, -0.05) is 15.9 Å². The van der Waals surface area contributed by atoms with Crippen molar-refractivity contribution in [2.24, 2.45) is 0 Å². The second-order valence-corrected chi connectivity index (χ2v) is 5.90. The van der Waals surface area contributed by atoms with Gasteiger partial charge in [-0.05, 0) is 24.3 Å². The highest BCUT2D eigenvalue weighted by Gasteiger charge is 2.13. The highest BCUT2D eigenvalue weighted by molar-refractivity contribution is 9.10. The second-order valence-electron chi connectivity index (χ2n) is 4.10. The van der Waals surface area contributed by atoms with Gasteiger partial charge in [0.1, 0.15) is 11.2 Å². The molecule has 0 aliphatic carbocycles. The van der Waals surface area contributed by atoms with Crippen LogP contribution in [0.2, 0.25) is 0 Å². The fourth-order valence-electron chi connectivity index (χ4n) is 1.86. The molecule has 0 aliphatic heterocycles. The van der Waals surface area contributed by atoms with Crippen LogP contribution in [0.3, 0.4) is 0 Å². The van der Waals surface area contributed by atoms with Crippen LogP contribution in [0.1, 0.15) is 0 Å². The number of rotatable bonds is 2. The Kier molecular flexibility index (Phi) is 3.31. The van der Waals surface area contributed by atoms with Gasteiger partial charge in [-0.3, -0.25) is 0 Å². The van der Waals surface area contributed by atoms with Crippen molar-refractivity contribution in [2.75, 3.05) is 11.1 Å². The first kappa shape index (κ1) is 13.3. The molecule has 1 heterocycles. The third kappa shape index (κ3) is 2.23. The van der Waals surface area contributed by atoms with Crippen molar-refractivity contribution < 1.29 is 8.78 Å².